The van der Waals surface area contributed by atoms with Gasteiger partial charge in [-0.3, -0.25) is 9.59 Å². The minimum absolute atomic E-state index is 0.0236. The summed E-state index contributed by atoms with van der Waals surface area (Å²) >= 11 is 0. The first-order chi connectivity index (χ1) is 14.5. The van der Waals surface area contributed by atoms with E-state index in [-0.39, 0.29) is 23.9 Å². The van der Waals surface area contributed by atoms with Gasteiger partial charge in [-0.15, -0.1) is 0 Å². The average molecular weight is 422 g/mol. The first kappa shape index (κ1) is 21.7. The summed E-state index contributed by atoms with van der Waals surface area (Å²) in [6.07, 6.45) is 0.0264. The molecule has 0 aliphatic carbocycles. The molecule has 3 rings (SSSR count). The van der Waals surface area contributed by atoms with E-state index in [2.05, 4.69) is 60.7 Å². The molecular weight excluding hydrogens is 396 g/mol. The zero-order valence-corrected chi connectivity index (χ0v) is 18.2. The van der Waals surface area contributed by atoms with E-state index in [1.54, 1.807) is 0 Å². The lowest BCUT2D eigenvalue weighted by molar-refractivity contribution is -0.143. The maximum atomic E-state index is 12.1. The predicted molar refractivity (Wildman–Crippen MR) is 118 cm³/mol. The number of hydrogen-bond donors (Lipinski definition) is 0. The molecule has 0 aliphatic rings. The normalized spacial score (nSPS) is 10.7. The molecule has 0 atom stereocenters. The van der Waals surface area contributed by atoms with Crippen molar-refractivity contribution in [2.75, 3.05) is 6.61 Å². The zero-order chi connectivity index (χ0) is 21.5. The van der Waals surface area contributed by atoms with Crippen LogP contribution in [0.5, 0.6) is 5.75 Å². The van der Waals surface area contributed by atoms with Crippen molar-refractivity contribution in [1.29, 1.82) is 0 Å². The van der Waals surface area contributed by atoms with Crippen LogP contribution < -0.4 is 4.74 Å². The quantitative estimate of drug-likeness (QED) is 0.297. The van der Waals surface area contributed by atoms with Gasteiger partial charge < -0.3 is 9.47 Å². The molecule has 0 amide bonds. The van der Waals surface area contributed by atoms with Gasteiger partial charge in [-0.1, -0.05) is 36.4 Å². The van der Waals surface area contributed by atoms with Gasteiger partial charge in [-0.05, 0) is 49.2 Å². The summed E-state index contributed by atoms with van der Waals surface area (Å²) in [5.74, 6) is -0.259. The molecule has 0 saturated heterocycles. The summed E-state index contributed by atoms with van der Waals surface area (Å²) in [7, 11) is -0.264. The molecule has 0 aromatic heterocycles. The molecule has 0 heterocycles. The highest BCUT2D eigenvalue weighted by Crippen LogP contribution is 2.35. The first-order valence-electron chi connectivity index (χ1n) is 9.75. The zero-order valence-electron chi connectivity index (χ0n) is 17.4. The van der Waals surface area contributed by atoms with Crippen molar-refractivity contribution in [3.05, 3.63) is 83.9 Å². The predicted octanol–water partition coefficient (Wildman–Crippen LogP) is 5.26. The monoisotopic (exact) mass is 421 g/mol. The van der Waals surface area contributed by atoms with E-state index in [0.717, 1.165) is 11.1 Å². The van der Waals surface area contributed by atoms with E-state index in [0.29, 0.717) is 5.75 Å². The number of hydrogen-bond acceptors (Lipinski definition) is 4. The fraction of sp³-hybridized carbons (Fsp3) is 0.200. The minimum Gasteiger partial charge on any atom is -0.465 e. The maximum absolute atomic E-state index is 12.1. The Morgan fingerprint density at radius 2 is 1.30 bits per heavy atom. The summed E-state index contributed by atoms with van der Waals surface area (Å²) < 4.78 is 10.4. The molecule has 0 fully saturated rings. The van der Waals surface area contributed by atoms with Gasteiger partial charge in [0.25, 0.3) is 0 Å². The number of benzene rings is 3. The van der Waals surface area contributed by atoms with Crippen molar-refractivity contribution in [3.8, 4) is 5.75 Å². The fourth-order valence-corrected chi connectivity index (χ4v) is 5.42. The highest BCUT2D eigenvalue weighted by atomic mass is 32.2. The Bertz CT molecular complexity index is 953. The molecule has 0 N–H and O–H groups in total. The van der Waals surface area contributed by atoms with Crippen LogP contribution in [0.1, 0.15) is 24.5 Å². The number of rotatable bonds is 7. The number of aryl methyl sites for hydroxylation is 2. The van der Waals surface area contributed by atoms with Gasteiger partial charge in [0, 0.05) is 19.1 Å². The smallest absolute Gasteiger partial charge is 0.314 e. The average Bonchev–Trinajstić information content (AvgIpc) is 2.72. The van der Waals surface area contributed by atoms with Crippen LogP contribution in [0.2, 0.25) is 0 Å². The number of ether oxygens (including phenoxy) is 2. The maximum Gasteiger partial charge on any atom is 0.314 e. The number of carbonyl (C=O) groups excluding carboxylic acids is 2. The van der Waals surface area contributed by atoms with E-state index in [1.165, 1.54) is 21.6 Å². The number of esters is 2. The molecule has 0 radical (unpaired) electrons. The van der Waals surface area contributed by atoms with Crippen molar-refractivity contribution in [1.82, 2.24) is 0 Å². The third-order valence-electron chi connectivity index (χ3n) is 4.45. The van der Waals surface area contributed by atoms with Crippen LogP contribution >= 0.6 is 0 Å². The SMILES string of the molecule is CC(=O)OCCC(=O)Oc1c(C)cc([S+](c2ccccc2)c2ccccc2)cc1C. The van der Waals surface area contributed by atoms with Crippen molar-refractivity contribution >= 4 is 22.8 Å². The van der Waals surface area contributed by atoms with E-state index in [1.807, 2.05) is 26.0 Å². The molecule has 4 nitrogen and oxygen atoms in total. The van der Waals surface area contributed by atoms with Gasteiger partial charge >= 0.3 is 11.9 Å². The van der Waals surface area contributed by atoms with Crippen molar-refractivity contribution < 1.29 is 19.1 Å². The standard InChI is InChI=1S/C25H25O4S/c1-18-16-23(17-19(2)25(18)29-24(27)14-15-28-20(3)26)30(21-10-6-4-7-11-21)22-12-8-5-9-13-22/h4-13,16-17H,14-15H2,1-3H3/q+1. The molecule has 154 valence electrons. The van der Waals surface area contributed by atoms with Crippen LogP contribution in [-0.2, 0) is 25.2 Å². The van der Waals surface area contributed by atoms with E-state index in [9.17, 15) is 9.59 Å². The Hall–Kier alpha value is -3.05. The summed E-state index contributed by atoms with van der Waals surface area (Å²) in [6, 6.07) is 25.0. The van der Waals surface area contributed by atoms with Gasteiger partial charge in [0.2, 0.25) is 0 Å². The first-order valence-corrected chi connectivity index (χ1v) is 11.0. The second-order valence-corrected chi connectivity index (χ2v) is 8.91. The molecule has 0 unspecified atom stereocenters. The van der Waals surface area contributed by atoms with Crippen LogP contribution in [0.15, 0.2) is 87.5 Å². The van der Waals surface area contributed by atoms with Crippen molar-refractivity contribution in [2.24, 2.45) is 0 Å². The largest absolute Gasteiger partial charge is 0.465 e. The Balaban J connectivity index is 1.90. The summed E-state index contributed by atoms with van der Waals surface area (Å²) in [5, 5.41) is 0. The lowest BCUT2D eigenvalue weighted by Crippen LogP contribution is -2.14. The van der Waals surface area contributed by atoms with Crippen molar-refractivity contribution in [3.63, 3.8) is 0 Å². The Labute approximate surface area is 180 Å². The highest BCUT2D eigenvalue weighted by Gasteiger charge is 2.29. The molecule has 0 bridgehead atoms. The second kappa shape index (κ2) is 10.1. The van der Waals surface area contributed by atoms with Crippen LogP contribution in [0.3, 0.4) is 0 Å². The van der Waals surface area contributed by atoms with E-state index >= 15 is 0 Å². The lowest BCUT2D eigenvalue weighted by Gasteiger charge is -2.14. The topological polar surface area (TPSA) is 52.6 Å². The van der Waals surface area contributed by atoms with Gasteiger partial charge in [0.15, 0.2) is 14.7 Å². The fourth-order valence-electron chi connectivity index (χ4n) is 3.15. The van der Waals surface area contributed by atoms with Gasteiger partial charge in [-0.2, -0.15) is 0 Å². The summed E-state index contributed by atoms with van der Waals surface area (Å²) in [6.45, 7) is 5.23. The Morgan fingerprint density at radius 1 is 0.800 bits per heavy atom. The molecule has 3 aromatic rings. The van der Waals surface area contributed by atoms with Crippen molar-refractivity contribution in [2.45, 2.75) is 41.9 Å². The number of carbonyl (C=O) groups is 2. The molecule has 5 heteroatoms. The van der Waals surface area contributed by atoms with Gasteiger partial charge in [0.05, 0.1) is 17.3 Å². The third kappa shape index (κ3) is 5.51. The minimum atomic E-state index is -0.416. The molecule has 0 spiro atoms. The lowest BCUT2D eigenvalue weighted by atomic mass is 10.1. The van der Waals surface area contributed by atoms with Crippen LogP contribution in [-0.4, -0.2) is 18.5 Å². The van der Waals surface area contributed by atoms with Crippen LogP contribution in [0, 0.1) is 13.8 Å². The van der Waals surface area contributed by atoms with Crippen LogP contribution in [0.25, 0.3) is 0 Å². The molecule has 0 aliphatic heterocycles. The summed E-state index contributed by atoms with van der Waals surface area (Å²) in [5.41, 5.74) is 1.80. The molecule has 3 aromatic carbocycles. The van der Waals surface area contributed by atoms with E-state index in [4.69, 9.17) is 9.47 Å². The third-order valence-corrected chi connectivity index (χ3v) is 6.65. The van der Waals surface area contributed by atoms with Gasteiger partial charge in [-0.25, -0.2) is 0 Å². The molecular formula is C25H25O4S+. The molecule has 0 saturated carbocycles. The van der Waals surface area contributed by atoms with E-state index < -0.39 is 11.9 Å². The highest BCUT2D eigenvalue weighted by molar-refractivity contribution is 7.97. The molecule has 30 heavy (non-hydrogen) atoms. The van der Waals surface area contributed by atoms with Crippen LogP contribution in [0.4, 0.5) is 0 Å². The Morgan fingerprint density at radius 3 is 1.77 bits per heavy atom. The second-order valence-electron chi connectivity index (χ2n) is 6.88. The summed E-state index contributed by atoms with van der Waals surface area (Å²) in [4.78, 5) is 26.6. The Kier molecular flexibility index (Phi) is 7.31. The van der Waals surface area contributed by atoms with Gasteiger partial charge in [0.1, 0.15) is 12.4 Å².